The van der Waals surface area contributed by atoms with Gasteiger partial charge in [-0.05, 0) is 55.7 Å². The molecule has 0 atom stereocenters. The van der Waals surface area contributed by atoms with E-state index in [0.29, 0.717) is 10.0 Å². The Morgan fingerprint density at radius 2 is 1.79 bits per heavy atom. The largest absolute Gasteiger partial charge is 0.497 e. The third kappa shape index (κ3) is 3.52. The lowest BCUT2D eigenvalue weighted by Crippen LogP contribution is -2.07. The second-order valence-electron chi connectivity index (χ2n) is 6.67. The zero-order chi connectivity index (χ0) is 19.7. The first-order valence-electron chi connectivity index (χ1n) is 9.15. The number of ether oxygens (including phenoxy) is 2. The van der Waals surface area contributed by atoms with E-state index in [9.17, 15) is 0 Å². The molecule has 146 valence electrons. The molecular formula is C21H21Cl2N3O2. The number of nitrogens with one attached hydrogen (secondary N) is 1. The van der Waals surface area contributed by atoms with Crippen molar-refractivity contribution < 1.29 is 9.47 Å². The number of aromatic nitrogens is 2. The number of anilines is 1. The van der Waals surface area contributed by atoms with Crippen LogP contribution in [0.4, 0.5) is 5.82 Å². The summed E-state index contributed by atoms with van der Waals surface area (Å²) in [4.78, 5) is 0. The second-order valence-corrected chi connectivity index (χ2v) is 7.54. The van der Waals surface area contributed by atoms with Crippen molar-refractivity contribution in [3.8, 4) is 28.4 Å². The minimum atomic E-state index is 0.570. The maximum Gasteiger partial charge on any atom is 0.133 e. The smallest absolute Gasteiger partial charge is 0.133 e. The van der Waals surface area contributed by atoms with Gasteiger partial charge in [0, 0.05) is 27.7 Å². The zero-order valence-electron chi connectivity index (χ0n) is 15.8. The minimum Gasteiger partial charge on any atom is -0.497 e. The average molecular weight is 418 g/mol. The molecular weight excluding hydrogens is 397 g/mol. The monoisotopic (exact) mass is 417 g/mol. The van der Waals surface area contributed by atoms with Crippen LogP contribution >= 0.6 is 23.2 Å². The van der Waals surface area contributed by atoms with Crippen molar-refractivity contribution in [3.05, 3.63) is 52.0 Å². The second kappa shape index (κ2) is 7.94. The summed E-state index contributed by atoms with van der Waals surface area (Å²) in [6, 6.07) is 11.2. The summed E-state index contributed by atoms with van der Waals surface area (Å²) in [6.07, 6.45) is 3.10. The van der Waals surface area contributed by atoms with Crippen LogP contribution in [0.5, 0.6) is 11.5 Å². The van der Waals surface area contributed by atoms with Crippen LogP contribution in [0.1, 0.15) is 18.4 Å². The van der Waals surface area contributed by atoms with Crippen LogP contribution in [-0.2, 0) is 6.42 Å². The molecule has 3 aromatic rings. The SMILES string of the molecule is COc1ccc(OC)c(-c2nn(-c3cc(Cl)cc(Cl)c3)c3c2CCCCN3)c1. The maximum absolute atomic E-state index is 6.24. The lowest BCUT2D eigenvalue weighted by atomic mass is 10.0. The normalized spacial score (nSPS) is 13.4. The number of hydrogen-bond acceptors (Lipinski definition) is 4. The van der Waals surface area contributed by atoms with E-state index in [0.717, 1.165) is 65.6 Å². The Morgan fingerprint density at radius 3 is 2.50 bits per heavy atom. The van der Waals surface area contributed by atoms with Crippen LogP contribution in [0, 0.1) is 0 Å². The Morgan fingerprint density at radius 1 is 1.00 bits per heavy atom. The molecule has 7 heteroatoms. The van der Waals surface area contributed by atoms with Gasteiger partial charge in [0.1, 0.15) is 23.0 Å². The molecule has 1 aliphatic rings. The Labute approximate surface area is 174 Å². The molecule has 0 bridgehead atoms. The van der Waals surface area contributed by atoms with Crippen molar-refractivity contribution in [2.75, 3.05) is 26.1 Å². The third-order valence-corrected chi connectivity index (χ3v) is 5.32. The van der Waals surface area contributed by atoms with E-state index in [1.54, 1.807) is 20.3 Å². The van der Waals surface area contributed by atoms with Crippen LogP contribution in [0.15, 0.2) is 36.4 Å². The highest BCUT2D eigenvalue weighted by atomic mass is 35.5. The average Bonchev–Trinajstić information content (AvgIpc) is 2.87. The van der Waals surface area contributed by atoms with Gasteiger partial charge >= 0.3 is 0 Å². The molecule has 0 fully saturated rings. The highest BCUT2D eigenvalue weighted by Gasteiger charge is 2.24. The first-order chi connectivity index (χ1) is 13.6. The first-order valence-corrected chi connectivity index (χ1v) is 9.91. The Kier molecular flexibility index (Phi) is 5.38. The van der Waals surface area contributed by atoms with Crippen LogP contribution < -0.4 is 14.8 Å². The van der Waals surface area contributed by atoms with Gasteiger partial charge < -0.3 is 14.8 Å². The molecule has 1 aliphatic heterocycles. The van der Waals surface area contributed by atoms with Gasteiger partial charge in [0.25, 0.3) is 0 Å². The molecule has 5 nitrogen and oxygen atoms in total. The van der Waals surface area contributed by atoms with E-state index in [1.807, 2.05) is 35.0 Å². The summed E-state index contributed by atoms with van der Waals surface area (Å²) < 4.78 is 12.9. The lowest BCUT2D eigenvalue weighted by molar-refractivity contribution is 0.404. The fourth-order valence-corrected chi connectivity index (χ4v) is 4.08. The van der Waals surface area contributed by atoms with Gasteiger partial charge in [-0.1, -0.05) is 23.2 Å². The van der Waals surface area contributed by atoms with Crippen molar-refractivity contribution in [2.45, 2.75) is 19.3 Å². The fraction of sp³-hybridized carbons (Fsp3) is 0.286. The van der Waals surface area contributed by atoms with Gasteiger partial charge in [-0.15, -0.1) is 0 Å². The fourth-order valence-electron chi connectivity index (χ4n) is 3.57. The molecule has 0 saturated carbocycles. The highest BCUT2D eigenvalue weighted by molar-refractivity contribution is 6.34. The van der Waals surface area contributed by atoms with Gasteiger partial charge in [-0.3, -0.25) is 0 Å². The van der Waals surface area contributed by atoms with Crippen LogP contribution in [0.25, 0.3) is 16.9 Å². The lowest BCUT2D eigenvalue weighted by Gasteiger charge is -2.10. The Hall–Kier alpha value is -2.37. The van der Waals surface area contributed by atoms with Crippen LogP contribution in [-0.4, -0.2) is 30.5 Å². The van der Waals surface area contributed by atoms with Crippen LogP contribution in [0.3, 0.4) is 0 Å². The summed E-state index contributed by atoms with van der Waals surface area (Å²) in [5.41, 5.74) is 3.74. The van der Waals surface area contributed by atoms with Gasteiger partial charge in [0.2, 0.25) is 0 Å². The summed E-state index contributed by atoms with van der Waals surface area (Å²) in [5.74, 6) is 2.48. The Bertz CT molecular complexity index is 997. The Balaban J connectivity index is 1.96. The minimum absolute atomic E-state index is 0.570. The summed E-state index contributed by atoms with van der Waals surface area (Å²) in [6.45, 7) is 0.891. The van der Waals surface area contributed by atoms with E-state index in [1.165, 1.54) is 0 Å². The molecule has 1 aromatic heterocycles. The molecule has 0 aliphatic carbocycles. The highest BCUT2D eigenvalue weighted by Crippen LogP contribution is 2.40. The molecule has 4 rings (SSSR count). The standard InChI is InChI=1S/C21H21Cl2N3O2/c1-27-16-6-7-19(28-2)18(12-16)20-17-5-3-4-8-24-21(17)26(25-20)15-10-13(22)9-14(23)11-15/h6-7,9-12,24H,3-5,8H2,1-2H3. The van der Waals surface area contributed by atoms with Crippen molar-refractivity contribution in [2.24, 2.45) is 0 Å². The van der Waals surface area contributed by atoms with E-state index >= 15 is 0 Å². The number of rotatable bonds is 4. The van der Waals surface area contributed by atoms with E-state index in [4.69, 9.17) is 37.8 Å². The van der Waals surface area contributed by atoms with Crippen molar-refractivity contribution in [1.82, 2.24) is 9.78 Å². The molecule has 0 saturated heterocycles. The zero-order valence-corrected chi connectivity index (χ0v) is 17.3. The molecule has 0 spiro atoms. The molecule has 2 aromatic carbocycles. The summed E-state index contributed by atoms with van der Waals surface area (Å²) in [5, 5.41) is 9.61. The molecule has 0 radical (unpaired) electrons. The third-order valence-electron chi connectivity index (χ3n) is 4.88. The number of fused-ring (bicyclic) bond motifs is 1. The predicted octanol–water partition coefficient (Wildman–Crippen LogP) is 5.61. The van der Waals surface area contributed by atoms with Crippen molar-refractivity contribution in [1.29, 1.82) is 0 Å². The van der Waals surface area contributed by atoms with Gasteiger partial charge in [-0.2, -0.15) is 5.10 Å². The first kappa shape index (κ1) is 19.0. The molecule has 28 heavy (non-hydrogen) atoms. The van der Waals surface area contributed by atoms with Crippen molar-refractivity contribution >= 4 is 29.0 Å². The van der Waals surface area contributed by atoms with E-state index in [2.05, 4.69) is 5.32 Å². The number of benzene rings is 2. The topological polar surface area (TPSA) is 48.3 Å². The van der Waals surface area contributed by atoms with Gasteiger partial charge in [0.05, 0.1) is 19.9 Å². The van der Waals surface area contributed by atoms with Crippen LogP contribution in [0.2, 0.25) is 10.0 Å². The number of hydrogen-bond donors (Lipinski definition) is 1. The quantitative estimate of drug-likeness (QED) is 0.598. The number of methoxy groups -OCH3 is 2. The predicted molar refractivity (Wildman–Crippen MR) is 114 cm³/mol. The van der Waals surface area contributed by atoms with E-state index < -0.39 is 0 Å². The summed E-state index contributed by atoms with van der Waals surface area (Å²) in [7, 11) is 3.32. The number of halogens is 2. The summed E-state index contributed by atoms with van der Waals surface area (Å²) >= 11 is 12.5. The van der Waals surface area contributed by atoms with Crippen molar-refractivity contribution in [3.63, 3.8) is 0 Å². The van der Waals surface area contributed by atoms with Gasteiger partial charge in [0.15, 0.2) is 0 Å². The molecule has 2 heterocycles. The van der Waals surface area contributed by atoms with Gasteiger partial charge in [-0.25, -0.2) is 4.68 Å². The molecule has 0 amide bonds. The molecule has 0 unspecified atom stereocenters. The van der Waals surface area contributed by atoms with E-state index in [-0.39, 0.29) is 0 Å². The molecule has 1 N–H and O–H groups in total. The maximum atomic E-state index is 6.24. The number of nitrogens with zero attached hydrogens (tertiary/aromatic N) is 2.